The second kappa shape index (κ2) is 9.14. The number of benzene rings is 1. The van der Waals surface area contributed by atoms with Gasteiger partial charge in [0.1, 0.15) is 11.4 Å². The Morgan fingerprint density at radius 1 is 1.15 bits per heavy atom. The Balaban J connectivity index is 0.000000597. The maximum Gasteiger partial charge on any atom is 0.573 e. The van der Waals surface area contributed by atoms with Crippen LogP contribution in [0, 0.1) is 0 Å². The van der Waals surface area contributed by atoms with E-state index in [-0.39, 0.29) is 23.5 Å². The van der Waals surface area contributed by atoms with Crippen LogP contribution in [0.15, 0.2) is 42.9 Å². The monoisotopic (exact) mass is 370 g/mol. The predicted octanol–water partition coefficient (Wildman–Crippen LogP) is 3.05. The summed E-state index contributed by atoms with van der Waals surface area (Å²) in [5.41, 5.74) is 6.14. The van der Waals surface area contributed by atoms with Gasteiger partial charge in [0.25, 0.3) is 5.91 Å². The minimum atomic E-state index is -4.72. The van der Waals surface area contributed by atoms with Crippen LogP contribution in [0.5, 0.6) is 5.75 Å². The number of nitrogens with zero attached hydrogens (tertiary/aromatic N) is 2. The Labute approximate surface area is 149 Å². The minimum absolute atomic E-state index is 0. The van der Waals surface area contributed by atoms with E-state index in [9.17, 15) is 18.0 Å². The second-order valence-electron chi connectivity index (χ2n) is 6.33. The van der Waals surface area contributed by atoms with Crippen molar-refractivity contribution in [3.8, 4) is 5.75 Å². The number of alkyl halides is 3. The van der Waals surface area contributed by atoms with Crippen LogP contribution in [0.2, 0.25) is 0 Å². The normalized spacial score (nSPS) is 11.2. The van der Waals surface area contributed by atoms with Crippen LogP contribution >= 0.6 is 0 Å². The molecule has 2 rings (SSSR count). The average molecular weight is 370 g/mol. The first-order valence-electron chi connectivity index (χ1n) is 7.62. The topological polar surface area (TPSA) is 90.1 Å². The van der Waals surface area contributed by atoms with Gasteiger partial charge in [-0.25, -0.2) is 4.98 Å². The number of nitrogens with two attached hydrogens (primary N) is 1. The molecule has 0 radical (unpaired) electrons. The number of rotatable bonds is 4. The molecule has 0 spiro atoms. The highest BCUT2D eigenvalue weighted by Crippen LogP contribution is 2.22. The quantitative estimate of drug-likeness (QED) is 0.863. The standard InChI is InChI=1S/C13H10F3N3O2.C4H11N/c14-13(15,16)21-10-3-1-9(2-4-10)7-19-12(20)11-8-17-5-6-18-11;1-4(2,3)5/h1-6,8H,7H2,(H,19,20);5H2,1-3H3. The van der Waals surface area contributed by atoms with E-state index in [0.717, 1.165) is 0 Å². The number of ether oxygens (including phenoxy) is 1. The molecule has 0 unspecified atom stereocenters. The first-order valence-corrected chi connectivity index (χ1v) is 7.62. The van der Waals surface area contributed by atoms with Crippen molar-refractivity contribution in [2.75, 3.05) is 0 Å². The number of carbonyl (C=O) groups is 1. The molecule has 1 aromatic heterocycles. The van der Waals surface area contributed by atoms with Crippen LogP contribution < -0.4 is 15.8 Å². The van der Waals surface area contributed by atoms with Crippen molar-refractivity contribution in [2.45, 2.75) is 39.2 Å². The number of nitrogens with one attached hydrogen (secondary N) is 1. The zero-order valence-corrected chi connectivity index (χ0v) is 14.7. The number of halogens is 3. The van der Waals surface area contributed by atoms with E-state index in [0.29, 0.717) is 5.56 Å². The molecule has 0 atom stereocenters. The van der Waals surface area contributed by atoms with Crippen LogP contribution in [0.3, 0.4) is 0 Å². The van der Waals surface area contributed by atoms with E-state index in [1.165, 1.54) is 42.9 Å². The lowest BCUT2D eigenvalue weighted by molar-refractivity contribution is -0.274. The van der Waals surface area contributed by atoms with Gasteiger partial charge in [-0.1, -0.05) is 12.1 Å². The van der Waals surface area contributed by atoms with Crippen LogP contribution in [0.4, 0.5) is 13.2 Å². The largest absolute Gasteiger partial charge is 0.573 e. The minimum Gasteiger partial charge on any atom is -0.406 e. The summed E-state index contributed by atoms with van der Waals surface area (Å²) < 4.78 is 39.7. The Kier molecular flexibility index (Phi) is 7.51. The molecule has 0 bridgehead atoms. The van der Waals surface area contributed by atoms with E-state index in [2.05, 4.69) is 20.0 Å². The van der Waals surface area contributed by atoms with Crippen molar-refractivity contribution in [1.29, 1.82) is 0 Å². The van der Waals surface area contributed by atoms with E-state index >= 15 is 0 Å². The molecular weight excluding hydrogens is 349 g/mol. The average Bonchev–Trinajstić information content (AvgIpc) is 2.52. The van der Waals surface area contributed by atoms with Gasteiger partial charge in [0.05, 0.1) is 6.20 Å². The Hall–Kier alpha value is -2.68. The molecule has 9 heteroatoms. The maximum absolute atomic E-state index is 12.0. The van der Waals surface area contributed by atoms with Gasteiger partial charge in [-0.2, -0.15) is 0 Å². The molecular formula is C17H21F3N4O2. The first-order chi connectivity index (χ1) is 11.9. The lowest BCUT2D eigenvalue weighted by Gasteiger charge is -2.09. The van der Waals surface area contributed by atoms with Gasteiger partial charge >= 0.3 is 6.36 Å². The highest BCUT2D eigenvalue weighted by Gasteiger charge is 2.30. The molecule has 2 aromatic rings. The van der Waals surface area contributed by atoms with Gasteiger partial charge in [0, 0.05) is 24.5 Å². The number of aromatic nitrogens is 2. The molecule has 0 aliphatic rings. The zero-order valence-electron chi connectivity index (χ0n) is 14.7. The molecule has 0 saturated carbocycles. The third-order valence-electron chi connectivity index (χ3n) is 2.41. The number of carbonyl (C=O) groups excluding carboxylic acids is 1. The molecule has 26 heavy (non-hydrogen) atoms. The Bertz CT molecular complexity index is 678. The van der Waals surface area contributed by atoms with Gasteiger partial charge in [0.15, 0.2) is 0 Å². The van der Waals surface area contributed by atoms with E-state index in [1.807, 2.05) is 20.8 Å². The Morgan fingerprint density at radius 3 is 2.19 bits per heavy atom. The van der Waals surface area contributed by atoms with E-state index in [1.54, 1.807) is 0 Å². The number of hydrogen-bond donors (Lipinski definition) is 2. The van der Waals surface area contributed by atoms with Gasteiger partial charge in [-0.05, 0) is 38.5 Å². The molecule has 1 aromatic carbocycles. The van der Waals surface area contributed by atoms with Crippen molar-refractivity contribution in [2.24, 2.45) is 5.73 Å². The van der Waals surface area contributed by atoms with Gasteiger partial charge in [0.2, 0.25) is 0 Å². The SMILES string of the molecule is CC(C)(C)N.O=C(NCc1ccc(OC(F)(F)F)cc1)c1cnccn1. The summed E-state index contributed by atoms with van der Waals surface area (Å²) in [5.74, 6) is -0.731. The fourth-order valence-corrected chi connectivity index (χ4v) is 1.50. The summed E-state index contributed by atoms with van der Waals surface area (Å²) in [4.78, 5) is 19.3. The highest BCUT2D eigenvalue weighted by molar-refractivity contribution is 5.91. The molecule has 0 aliphatic carbocycles. The molecule has 0 fully saturated rings. The predicted molar refractivity (Wildman–Crippen MR) is 90.3 cm³/mol. The van der Waals surface area contributed by atoms with E-state index in [4.69, 9.17) is 5.73 Å². The van der Waals surface area contributed by atoms with Crippen molar-refractivity contribution >= 4 is 5.91 Å². The summed E-state index contributed by atoms with van der Waals surface area (Å²) >= 11 is 0. The highest BCUT2D eigenvalue weighted by atomic mass is 19.4. The third-order valence-corrected chi connectivity index (χ3v) is 2.41. The molecule has 6 nitrogen and oxygen atoms in total. The zero-order chi connectivity index (χ0) is 19.8. The van der Waals surface area contributed by atoms with Crippen LogP contribution in [0.25, 0.3) is 0 Å². The van der Waals surface area contributed by atoms with Gasteiger partial charge in [-0.3, -0.25) is 9.78 Å². The fourth-order valence-electron chi connectivity index (χ4n) is 1.50. The molecule has 1 heterocycles. The van der Waals surface area contributed by atoms with Crippen molar-refractivity contribution in [1.82, 2.24) is 15.3 Å². The van der Waals surface area contributed by atoms with Crippen molar-refractivity contribution in [3.63, 3.8) is 0 Å². The lowest BCUT2D eigenvalue weighted by Crippen LogP contribution is -2.26. The second-order valence-corrected chi connectivity index (χ2v) is 6.33. The summed E-state index contributed by atoms with van der Waals surface area (Å²) in [5, 5.41) is 2.58. The lowest BCUT2D eigenvalue weighted by atomic mass is 10.1. The smallest absolute Gasteiger partial charge is 0.406 e. The maximum atomic E-state index is 12.0. The number of hydrogen-bond acceptors (Lipinski definition) is 5. The van der Waals surface area contributed by atoms with Crippen molar-refractivity contribution < 1.29 is 22.7 Å². The first kappa shape index (κ1) is 21.4. The molecule has 3 N–H and O–H groups in total. The number of amides is 1. The molecule has 1 amide bonds. The molecule has 0 saturated heterocycles. The van der Waals surface area contributed by atoms with Crippen LogP contribution in [-0.2, 0) is 6.54 Å². The van der Waals surface area contributed by atoms with E-state index < -0.39 is 12.3 Å². The molecule has 0 aliphatic heterocycles. The third kappa shape index (κ3) is 10.2. The summed E-state index contributed by atoms with van der Waals surface area (Å²) in [6, 6.07) is 5.21. The summed E-state index contributed by atoms with van der Waals surface area (Å²) in [6.45, 7) is 6.05. The Morgan fingerprint density at radius 2 is 1.73 bits per heavy atom. The van der Waals surface area contributed by atoms with Crippen LogP contribution in [0.1, 0.15) is 36.8 Å². The van der Waals surface area contributed by atoms with Gasteiger partial charge < -0.3 is 15.8 Å². The fraction of sp³-hybridized carbons (Fsp3) is 0.353. The van der Waals surface area contributed by atoms with Crippen LogP contribution in [-0.4, -0.2) is 27.8 Å². The van der Waals surface area contributed by atoms with Gasteiger partial charge in [-0.15, -0.1) is 13.2 Å². The van der Waals surface area contributed by atoms with Crippen molar-refractivity contribution in [3.05, 3.63) is 54.1 Å². The molecule has 142 valence electrons. The summed E-state index contributed by atoms with van der Waals surface area (Å²) in [7, 11) is 0. The summed E-state index contributed by atoms with van der Waals surface area (Å²) in [6.07, 6.45) is -0.578.